The number of hydrogen-bond donors (Lipinski definition) is 2. The summed E-state index contributed by atoms with van der Waals surface area (Å²) in [6.45, 7) is 0.686. The molecule has 1 fully saturated rings. The van der Waals surface area contributed by atoms with Crippen LogP contribution < -0.4 is 11.1 Å². The van der Waals surface area contributed by atoms with Crippen molar-refractivity contribution < 1.29 is 8.78 Å². The van der Waals surface area contributed by atoms with Crippen LogP contribution >= 0.6 is 0 Å². The minimum Gasteiger partial charge on any atom is -0.330 e. The highest BCUT2D eigenvalue weighted by molar-refractivity contribution is 5.75. The number of nitrogens with zero attached hydrogens (tertiary/aromatic N) is 4. The van der Waals surface area contributed by atoms with Crippen molar-refractivity contribution in [1.82, 2.24) is 19.5 Å². The smallest absolute Gasteiger partial charge is 0.210 e. The Morgan fingerprint density at radius 3 is 2.58 bits per heavy atom. The maximum absolute atomic E-state index is 14.1. The number of imidazole rings is 1. The molecule has 0 saturated heterocycles. The van der Waals surface area contributed by atoms with E-state index in [1.807, 2.05) is 4.57 Å². The van der Waals surface area contributed by atoms with E-state index in [-0.39, 0.29) is 11.7 Å². The normalized spacial score (nSPS) is 20.4. The third kappa shape index (κ3) is 3.01. The van der Waals surface area contributed by atoms with Gasteiger partial charge >= 0.3 is 0 Å². The number of aromatic nitrogens is 4. The number of benzene rings is 1. The van der Waals surface area contributed by atoms with Crippen LogP contribution in [-0.4, -0.2) is 26.1 Å². The minimum atomic E-state index is -0.665. The minimum absolute atomic E-state index is 0.148. The number of halogens is 2. The van der Waals surface area contributed by atoms with Crippen LogP contribution in [0.2, 0.25) is 0 Å². The van der Waals surface area contributed by atoms with Crippen molar-refractivity contribution in [3.63, 3.8) is 0 Å². The highest BCUT2D eigenvalue weighted by atomic mass is 19.1. The van der Waals surface area contributed by atoms with Crippen LogP contribution in [0.5, 0.6) is 0 Å². The van der Waals surface area contributed by atoms with Crippen molar-refractivity contribution in [3.05, 3.63) is 42.4 Å². The van der Waals surface area contributed by atoms with Gasteiger partial charge < -0.3 is 11.1 Å². The lowest BCUT2D eigenvalue weighted by Gasteiger charge is -2.29. The first-order chi connectivity index (χ1) is 12.7. The van der Waals surface area contributed by atoms with Gasteiger partial charge in [0.1, 0.15) is 29.2 Å². The van der Waals surface area contributed by atoms with Crippen LogP contribution in [0.3, 0.4) is 0 Å². The second-order valence-corrected chi connectivity index (χ2v) is 6.67. The Morgan fingerprint density at radius 1 is 1.15 bits per heavy atom. The van der Waals surface area contributed by atoms with Gasteiger partial charge in [-0.1, -0.05) is 6.07 Å². The number of fused-ring (bicyclic) bond motifs is 1. The van der Waals surface area contributed by atoms with E-state index in [0.29, 0.717) is 29.6 Å². The van der Waals surface area contributed by atoms with Crippen molar-refractivity contribution >= 4 is 22.8 Å². The fraction of sp³-hybridized carbons (Fsp3) is 0.389. The van der Waals surface area contributed by atoms with Gasteiger partial charge in [0, 0.05) is 6.04 Å². The van der Waals surface area contributed by atoms with Gasteiger partial charge in [-0.05, 0) is 50.3 Å². The molecule has 1 saturated carbocycles. The molecule has 0 aliphatic heterocycles. The van der Waals surface area contributed by atoms with E-state index in [0.717, 1.165) is 25.7 Å². The van der Waals surface area contributed by atoms with E-state index in [4.69, 9.17) is 5.73 Å². The van der Waals surface area contributed by atoms with Crippen molar-refractivity contribution in [3.8, 4) is 0 Å². The summed E-state index contributed by atoms with van der Waals surface area (Å²) in [6, 6.07) is 3.91. The lowest BCUT2D eigenvalue weighted by Crippen LogP contribution is -2.24. The van der Waals surface area contributed by atoms with Crippen molar-refractivity contribution in [2.24, 2.45) is 11.7 Å². The van der Waals surface area contributed by atoms with Gasteiger partial charge in [-0.25, -0.2) is 23.7 Å². The quantitative estimate of drug-likeness (QED) is 0.745. The maximum atomic E-state index is 14.1. The summed E-state index contributed by atoms with van der Waals surface area (Å²) in [7, 11) is 0. The molecule has 1 aliphatic carbocycles. The van der Waals surface area contributed by atoms with Crippen LogP contribution in [0.25, 0.3) is 11.2 Å². The molecule has 6 nitrogen and oxygen atoms in total. The molecular weight excluding hydrogens is 338 g/mol. The summed E-state index contributed by atoms with van der Waals surface area (Å²) in [5, 5.41) is 2.83. The lowest BCUT2D eigenvalue weighted by atomic mass is 9.86. The Hall–Kier alpha value is -2.61. The Kier molecular flexibility index (Phi) is 4.50. The Morgan fingerprint density at radius 2 is 1.88 bits per heavy atom. The fourth-order valence-electron chi connectivity index (χ4n) is 3.65. The van der Waals surface area contributed by atoms with Crippen LogP contribution in [0.1, 0.15) is 31.7 Å². The third-order valence-corrected chi connectivity index (χ3v) is 5.07. The van der Waals surface area contributed by atoms with Gasteiger partial charge in [0.2, 0.25) is 5.95 Å². The standard InChI is InChI=1S/C18H20F2N6/c19-13-2-1-3-14(20)16(13)25-18-24-15-9-22-10-23-17(15)26(18)12-6-4-11(8-21)5-7-12/h1-3,9-12H,4-8,21H2,(H,24,25). The molecule has 4 rings (SSSR count). The molecule has 3 N–H and O–H groups in total. The summed E-state index contributed by atoms with van der Waals surface area (Å²) in [5.74, 6) is -0.431. The topological polar surface area (TPSA) is 81.6 Å². The number of para-hydroxylation sites is 1. The first kappa shape index (κ1) is 16.8. The fourth-order valence-corrected chi connectivity index (χ4v) is 3.65. The number of nitrogens with two attached hydrogens (primary N) is 1. The molecule has 136 valence electrons. The molecule has 8 heteroatoms. The Labute approximate surface area is 149 Å². The maximum Gasteiger partial charge on any atom is 0.210 e. The van der Waals surface area contributed by atoms with Gasteiger partial charge in [-0.3, -0.25) is 4.57 Å². The number of rotatable bonds is 4. The van der Waals surface area contributed by atoms with E-state index in [1.54, 1.807) is 6.20 Å². The first-order valence-electron chi connectivity index (χ1n) is 8.76. The van der Waals surface area contributed by atoms with Crippen LogP contribution in [0.15, 0.2) is 30.7 Å². The van der Waals surface area contributed by atoms with Crippen molar-refractivity contribution in [2.75, 3.05) is 11.9 Å². The second-order valence-electron chi connectivity index (χ2n) is 6.67. The van der Waals surface area contributed by atoms with E-state index in [9.17, 15) is 8.78 Å². The molecule has 0 unspecified atom stereocenters. The van der Waals surface area contributed by atoms with Crippen molar-refractivity contribution in [2.45, 2.75) is 31.7 Å². The zero-order valence-corrected chi connectivity index (χ0v) is 14.2. The molecule has 0 spiro atoms. The van der Waals surface area contributed by atoms with Crippen LogP contribution in [0, 0.1) is 17.6 Å². The highest BCUT2D eigenvalue weighted by Crippen LogP contribution is 2.36. The molecule has 1 aromatic carbocycles. The van der Waals surface area contributed by atoms with Crippen molar-refractivity contribution in [1.29, 1.82) is 0 Å². The predicted octanol–water partition coefficient (Wildman–Crippen LogP) is 3.54. The molecular formula is C18H20F2N6. The molecule has 26 heavy (non-hydrogen) atoms. The van der Waals surface area contributed by atoms with Gasteiger partial charge in [-0.2, -0.15) is 0 Å². The molecule has 0 atom stereocenters. The van der Waals surface area contributed by atoms with Crippen LogP contribution in [-0.2, 0) is 0 Å². The number of nitrogens with one attached hydrogen (secondary N) is 1. The van der Waals surface area contributed by atoms with E-state index >= 15 is 0 Å². The van der Waals surface area contributed by atoms with Gasteiger partial charge in [0.15, 0.2) is 5.65 Å². The van der Waals surface area contributed by atoms with E-state index < -0.39 is 11.6 Å². The Bertz CT molecular complexity index is 897. The predicted molar refractivity (Wildman–Crippen MR) is 95.0 cm³/mol. The summed E-state index contributed by atoms with van der Waals surface area (Å²) in [4.78, 5) is 12.8. The molecule has 0 amide bonds. The van der Waals surface area contributed by atoms with Gasteiger partial charge in [0.25, 0.3) is 0 Å². The molecule has 3 aromatic rings. The largest absolute Gasteiger partial charge is 0.330 e. The zero-order valence-electron chi connectivity index (χ0n) is 14.2. The summed E-state index contributed by atoms with van der Waals surface area (Å²) in [6.07, 6.45) is 6.93. The molecule has 0 radical (unpaired) electrons. The third-order valence-electron chi connectivity index (χ3n) is 5.07. The van der Waals surface area contributed by atoms with E-state index in [2.05, 4.69) is 20.3 Å². The first-order valence-corrected chi connectivity index (χ1v) is 8.76. The SMILES string of the molecule is NCC1CCC(n2c(Nc3c(F)cccc3F)nc3cncnc32)CC1. The summed E-state index contributed by atoms with van der Waals surface area (Å²) < 4.78 is 30.1. The molecule has 2 heterocycles. The molecule has 2 aromatic heterocycles. The number of anilines is 2. The Balaban J connectivity index is 1.75. The second kappa shape index (κ2) is 6.95. The zero-order chi connectivity index (χ0) is 18.1. The van der Waals surface area contributed by atoms with Crippen LogP contribution in [0.4, 0.5) is 20.4 Å². The average Bonchev–Trinajstić information content (AvgIpc) is 3.03. The molecule has 0 bridgehead atoms. The van der Waals surface area contributed by atoms with E-state index in [1.165, 1.54) is 24.5 Å². The monoisotopic (exact) mass is 358 g/mol. The highest BCUT2D eigenvalue weighted by Gasteiger charge is 2.26. The summed E-state index contributed by atoms with van der Waals surface area (Å²) in [5.41, 5.74) is 6.83. The number of hydrogen-bond acceptors (Lipinski definition) is 5. The van der Waals surface area contributed by atoms with Gasteiger partial charge in [-0.15, -0.1) is 0 Å². The average molecular weight is 358 g/mol. The lowest BCUT2D eigenvalue weighted by molar-refractivity contribution is 0.284. The summed E-state index contributed by atoms with van der Waals surface area (Å²) >= 11 is 0. The van der Waals surface area contributed by atoms with Gasteiger partial charge in [0.05, 0.1) is 6.20 Å². The molecule has 1 aliphatic rings.